The Balaban J connectivity index is 1.50. The SMILES string of the molecule is C=C(F)C(=O)NCCNc1nc(OC[C@@H]2CCCN2C)nc2c(F)c(-c3ccc(F)c4c3CCCS4)ncc12. The number of ether oxygens (including phenoxy) is 1. The van der Waals surface area contributed by atoms with Crippen molar-refractivity contribution in [3.8, 4) is 17.3 Å². The van der Waals surface area contributed by atoms with Crippen LogP contribution in [0.15, 0.2) is 35.6 Å². The van der Waals surface area contributed by atoms with Crippen LogP contribution in [0.1, 0.15) is 24.8 Å². The minimum atomic E-state index is -1.09. The highest BCUT2D eigenvalue weighted by molar-refractivity contribution is 7.99. The van der Waals surface area contributed by atoms with Crippen molar-refractivity contribution in [2.75, 3.05) is 44.4 Å². The molecule has 1 amide bonds. The third-order valence-corrected chi connectivity index (χ3v) is 8.20. The Morgan fingerprint density at radius 2 is 2.10 bits per heavy atom. The summed E-state index contributed by atoms with van der Waals surface area (Å²) < 4.78 is 49.5. The van der Waals surface area contributed by atoms with Gasteiger partial charge in [-0.15, -0.1) is 11.8 Å². The number of nitrogens with one attached hydrogen (secondary N) is 2. The summed E-state index contributed by atoms with van der Waals surface area (Å²) in [5.74, 6) is -1.91. The van der Waals surface area contributed by atoms with Gasteiger partial charge in [-0.1, -0.05) is 6.58 Å². The van der Waals surface area contributed by atoms with Crippen LogP contribution >= 0.6 is 11.8 Å². The number of halogens is 3. The van der Waals surface area contributed by atoms with E-state index in [4.69, 9.17) is 4.74 Å². The summed E-state index contributed by atoms with van der Waals surface area (Å²) in [6.07, 6.45) is 5.00. The summed E-state index contributed by atoms with van der Waals surface area (Å²) >= 11 is 1.43. The van der Waals surface area contributed by atoms with Gasteiger partial charge in [0, 0.05) is 35.8 Å². The zero-order valence-electron chi connectivity index (χ0n) is 21.5. The molecule has 8 nitrogen and oxygen atoms in total. The average molecular weight is 559 g/mol. The maximum absolute atomic E-state index is 16.1. The molecule has 39 heavy (non-hydrogen) atoms. The predicted octanol–water partition coefficient (Wildman–Crippen LogP) is 4.49. The number of pyridine rings is 1. The molecule has 2 aliphatic heterocycles. The Morgan fingerprint density at radius 1 is 1.26 bits per heavy atom. The van der Waals surface area contributed by atoms with Crippen LogP contribution in [0.25, 0.3) is 22.2 Å². The summed E-state index contributed by atoms with van der Waals surface area (Å²) in [6, 6.07) is 3.11. The topological polar surface area (TPSA) is 92.3 Å². The second-order valence-corrected chi connectivity index (χ2v) is 10.7. The van der Waals surface area contributed by atoms with E-state index in [1.807, 2.05) is 7.05 Å². The maximum Gasteiger partial charge on any atom is 0.319 e. The quantitative estimate of drug-likeness (QED) is 0.293. The van der Waals surface area contributed by atoms with Crippen LogP contribution in [0.4, 0.5) is 19.0 Å². The third kappa shape index (κ3) is 5.81. The lowest BCUT2D eigenvalue weighted by Crippen LogP contribution is -2.31. The second-order valence-electron chi connectivity index (χ2n) is 9.57. The van der Waals surface area contributed by atoms with Gasteiger partial charge >= 0.3 is 6.01 Å². The molecule has 2 N–H and O–H groups in total. The minimum absolute atomic E-state index is 0.000730. The van der Waals surface area contributed by atoms with Gasteiger partial charge in [-0.25, -0.2) is 13.2 Å². The van der Waals surface area contributed by atoms with E-state index in [1.165, 1.54) is 24.0 Å². The molecule has 4 heterocycles. The number of rotatable bonds is 9. The maximum atomic E-state index is 16.1. The highest BCUT2D eigenvalue weighted by Crippen LogP contribution is 2.40. The standard InChI is InChI=1S/C27H29F3N6O2S/c1-15(28)26(37)32-10-9-31-25-19-13-33-22(17-7-8-20(29)24-18(17)6-4-12-39-24)21(30)23(19)34-27(35-25)38-14-16-5-3-11-36(16)2/h7-8,13,16H,1,3-6,9-12,14H2,2H3,(H,32,37)(H,31,34,35)/t16-/m0/s1. The van der Waals surface area contributed by atoms with E-state index in [9.17, 15) is 13.6 Å². The number of nitrogens with zero attached hydrogens (tertiary/aromatic N) is 4. The largest absolute Gasteiger partial charge is 0.462 e. The van der Waals surface area contributed by atoms with Crippen molar-refractivity contribution in [3.05, 3.63) is 47.9 Å². The van der Waals surface area contributed by atoms with Crippen LogP contribution in [0.3, 0.4) is 0 Å². The number of carbonyl (C=O) groups excluding carboxylic acids is 1. The second kappa shape index (κ2) is 11.8. The Kier molecular flexibility index (Phi) is 8.22. The summed E-state index contributed by atoms with van der Waals surface area (Å²) in [4.78, 5) is 27.4. The van der Waals surface area contributed by atoms with Crippen molar-refractivity contribution < 1.29 is 22.7 Å². The van der Waals surface area contributed by atoms with E-state index in [0.29, 0.717) is 28.9 Å². The summed E-state index contributed by atoms with van der Waals surface area (Å²) in [5.41, 5.74) is 1.38. The Hall–Kier alpha value is -3.38. The fourth-order valence-electron chi connectivity index (χ4n) is 4.89. The van der Waals surface area contributed by atoms with Crippen LogP contribution in [-0.2, 0) is 11.2 Å². The molecule has 1 saturated heterocycles. The van der Waals surface area contributed by atoms with Gasteiger partial charge in [0.25, 0.3) is 5.91 Å². The van der Waals surface area contributed by atoms with E-state index in [0.717, 1.165) is 37.1 Å². The normalized spacial score (nSPS) is 17.2. The van der Waals surface area contributed by atoms with E-state index in [1.54, 1.807) is 6.07 Å². The molecule has 206 valence electrons. The number of likely N-dealkylation sites (tertiary alicyclic amines) is 1. The third-order valence-electron chi connectivity index (χ3n) is 6.97. The molecule has 12 heteroatoms. The number of carbonyl (C=O) groups is 1. The Bertz CT molecular complexity index is 1420. The summed E-state index contributed by atoms with van der Waals surface area (Å²) in [7, 11) is 2.02. The zero-order valence-corrected chi connectivity index (χ0v) is 22.3. The monoisotopic (exact) mass is 558 g/mol. The van der Waals surface area contributed by atoms with E-state index < -0.39 is 17.6 Å². The summed E-state index contributed by atoms with van der Waals surface area (Å²) in [6.45, 7) is 4.53. The van der Waals surface area contributed by atoms with Crippen molar-refractivity contribution in [1.29, 1.82) is 0 Å². The van der Waals surface area contributed by atoms with Gasteiger partial charge in [0.2, 0.25) is 0 Å². The van der Waals surface area contributed by atoms with E-state index in [-0.39, 0.29) is 48.0 Å². The molecule has 0 unspecified atom stereocenters. The number of anilines is 1. The van der Waals surface area contributed by atoms with Gasteiger partial charge in [-0.05, 0) is 62.7 Å². The minimum Gasteiger partial charge on any atom is -0.462 e. The lowest BCUT2D eigenvalue weighted by Gasteiger charge is -2.20. The fraction of sp³-hybridized carbons (Fsp3) is 0.407. The Morgan fingerprint density at radius 3 is 2.87 bits per heavy atom. The van der Waals surface area contributed by atoms with Gasteiger partial charge in [-0.2, -0.15) is 9.97 Å². The van der Waals surface area contributed by atoms with Gasteiger partial charge in [0.05, 0.1) is 5.39 Å². The van der Waals surface area contributed by atoms with Crippen molar-refractivity contribution in [2.24, 2.45) is 0 Å². The van der Waals surface area contributed by atoms with Gasteiger partial charge in [0.15, 0.2) is 11.6 Å². The van der Waals surface area contributed by atoms with Crippen molar-refractivity contribution in [1.82, 2.24) is 25.2 Å². The average Bonchev–Trinajstić information content (AvgIpc) is 3.35. The number of likely N-dealkylation sites (N-methyl/N-ethyl adjacent to an activating group) is 1. The lowest BCUT2D eigenvalue weighted by atomic mass is 9.98. The van der Waals surface area contributed by atoms with Crippen molar-refractivity contribution >= 4 is 34.4 Å². The molecule has 2 aliphatic rings. The van der Waals surface area contributed by atoms with Gasteiger partial charge < -0.3 is 20.3 Å². The van der Waals surface area contributed by atoms with E-state index >= 15 is 4.39 Å². The first-order chi connectivity index (χ1) is 18.8. The molecular formula is C27H29F3N6O2S. The summed E-state index contributed by atoms with van der Waals surface area (Å²) in [5, 5.41) is 5.73. The number of aromatic nitrogens is 3. The number of hydrogen-bond acceptors (Lipinski definition) is 8. The lowest BCUT2D eigenvalue weighted by molar-refractivity contribution is -0.118. The van der Waals surface area contributed by atoms with Crippen molar-refractivity contribution in [2.45, 2.75) is 36.6 Å². The molecule has 0 spiro atoms. The first-order valence-electron chi connectivity index (χ1n) is 12.8. The highest BCUT2D eigenvalue weighted by atomic mass is 32.2. The smallest absolute Gasteiger partial charge is 0.319 e. The van der Waals surface area contributed by atoms with Crippen LogP contribution in [0, 0.1) is 11.6 Å². The number of fused-ring (bicyclic) bond motifs is 2. The fourth-order valence-corrected chi connectivity index (χ4v) is 5.97. The number of thioether (sulfide) groups is 1. The molecule has 1 atom stereocenters. The molecule has 0 aliphatic carbocycles. The first-order valence-corrected chi connectivity index (χ1v) is 13.8. The van der Waals surface area contributed by atoms with Crippen LogP contribution in [-0.4, -0.2) is 70.8 Å². The van der Waals surface area contributed by atoms with Gasteiger partial charge in [0.1, 0.15) is 29.5 Å². The van der Waals surface area contributed by atoms with Crippen LogP contribution < -0.4 is 15.4 Å². The van der Waals surface area contributed by atoms with E-state index in [2.05, 4.69) is 37.1 Å². The molecule has 0 saturated carbocycles. The predicted molar refractivity (Wildman–Crippen MR) is 145 cm³/mol. The van der Waals surface area contributed by atoms with Crippen LogP contribution in [0.5, 0.6) is 6.01 Å². The first kappa shape index (κ1) is 27.2. The van der Waals surface area contributed by atoms with Gasteiger partial charge in [-0.3, -0.25) is 9.78 Å². The molecule has 5 rings (SSSR count). The van der Waals surface area contributed by atoms with Crippen LogP contribution in [0.2, 0.25) is 0 Å². The highest BCUT2D eigenvalue weighted by Gasteiger charge is 2.25. The molecule has 2 aromatic heterocycles. The van der Waals surface area contributed by atoms with Crippen molar-refractivity contribution in [3.63, 3.8) is 0 Å². The molecule has 0 radical (unpaired) electrons. The number of amides is 1. The molecule has 1 aromatic carbocycles. The molecular weight excluding hydrogens is 529 g/mol. The number of benzene rings is 1. The Labute approximate surface area is 228 Å². The molecule has 0 bridgehead atoms. The number of hydrogen-bond donors (Lipinski definition) is 2. The molecule has 3 aromatic rings. The molecule has 1 fully saturated rings. The zero-order chi connectivity index (χ0) is 27.5.